The minimum Gasteiger partial charge on any atom is -0.365 e. The smallest absolute Gasteiger partial charge is 0.256 e. The second-order valence-corrected chi connectivity index (χ2v) is 7.97. The number of thiophene rings is 1. The standard InChI is InChI=1S/C18H19BrN2O2S/c19-12-7-5-6-11(10-12)17(23)21-18-15(16(20)22)13-8-3-1-2-4-9-14(13)24-18/h5-7,10H,1-4,8-9H2,(H2,20,22)(H,21,23). The van der Waals surface area contributed by atoms with Crippen molar-refractivity contribution in [1.29, 1.82) is 0 Å². The van der Waals surface area contributed by atoms with E-state index in [9.17, 15) is 9.59 Å². The monoisotopic (exact) mass is 406 g/mol. The lowest BCUT2D eigenvalue weighted by Crippen LogP contribution is -2.18. The summed E-state index contributed by atoms with van der Waals surface area (Å²) >= 11 is 4.86. The molecule has 0 unspecified atom stereocenters. The number of benzene rings is 1. The molecule has 3 rings (SSSR count). The highest BCUT2D eigenvalue weighted by molar-refractivity contribution is 9.10. The van der Waals surface area contributed by atoms with Gasteiger partial charge in [0, 0.05) is 14.9 Å². The van der Waals surface area contributed by atoms with E-state index in [1.165, 1.54) is 29.1 Å². The van der Waals surface area contributed by atoms with Crippen molar-refractivity contribution in [1.82, 2.24) is 0 Å². The fourth-order valence-corrected chi connectivity index (χ4v) is 4.76. The molecule has 2 amide bonds. The average Bonchev–Trinajstić information content (AvgIpc) is 2.84. The second-order valence-electron chi connectivity index (χ2n) is 5.95. The molecule has 0 spiro atoms. The Morgan fingerprint density at radius 3 is 2.58 bits per heavy atom. The number of carbonyl (C=O) groups excluding carboxylic acids is 2. The SMILES string of the molecule is NC(=O)c1c(NC(=O)c2cccc(Br)c2)sc2c1CCCCCC2. The number of primary amides is 1. The van der Waals surface area contributed by atoms with E-state index < -0.39 is 5.91 Å². The van der Waals surface area contributed by atoms with Crippen LogP contribution < -0.4 is 11.1 Å². The quantitative estimate of drug-likeness (QED) is 0.785. The van der Waals surface area contributed by atoms with Gasteiger partial charge in [-0.2, -0.15) is 0 Å². The Balaban J connectivity index is 1.93. The van der Waals surface area contributed by atoms with Gasteiger partial charge in [0.2, 0.25) is 0 Å². The van der Waals surface area contributed by atoms with Gasteiger partial charge in [-0.3, -0.25) is 9.59 Å². The summed E-state index contributed by atoms with van der Waals surface area (Å²) in [6.07, 6.45) is 6.37. The largest absolute Gasteiger partial charge is 0.365 e. The van der Waals surface area contributed by atoms with Crippen LogP contribution in [0.4, 0.5) is 5.00 Å². The van der Waals surface area contributed by atoms with E-state index in [0.717, 1.165) is 35.7 Å². The van der Waals surface area contributed by atoms with Crippen molar-refractivity contribution in [3.8, 4) is 0 Å². The predicted octanol–water partition coefficient (Wildman–Crippen LogP) is 4.52. The zero-order valence-corrected chi connectivity index (χ0v) is 15.6. The summed E-state index contributed by atoms with van der Waals surface area (Å²) in [5, 5.41) is 3.47. The normalized spacial score (nSPS) is 14.4. The van der Waals surface area contributed by atoms with Crippen LogP contribution in [-0.2, 0) is 12.8 Å². The summed E-state index contributed by atoms with van der Waals surface area (Å²) in [5.74, 6) is -0.689. The van der Waals surface area contributed by atoms with Gasteiger partial charge in [0.05, 0.1) is 5.56 Å². The van der Waals surface area contributed by atoms with Crippen LogP contribution in [-0.4, -0.2) is 11.8 Å². The molecule has 1 aliphatic carbocycles. The summed E-state index contributed by atoms with van der Waals surface area (Å²) in [7, 11) is 0. The Kier molecular flexibility index (Phi) is 5.36. The van der Waals surface area contributed by atoms with Gasteiger partial charge in [-0.1, -0.05) is 34.8 Å². The van der Waals surface area contributed by atoms with E-state index in [0.29, 0.717) is 16.1 Å². The van der Waals surface area contributed by atoms with E-state index >= 15 is 0 Å². The van der Waals surface area contributed by atoms with Crippen molar-refractivity contribution < 1.29 is 9.59 Å². The number of rotatable bonds is 3. The lowest BCUT2D eigenvalue weighted by atomic mass is 9.96. The van der Waals surface area contributed by atoms with Crippen molar-refractivity contribution in [2.45, 2.75) is 38.5 Å². The first-order valence-electron chi connectivity index (χ1n) is 8.07. The first-order chi connectivity index (χ1) is 11.6. The van der Waals surface area contributed by atoms with Gasteiger partial charge >= 0.3 is 0 Å². The fraction of sp³-hybridized carbons (Fsp3) is 0.333. The minimum absolute atomic E-state index is 0.229. The van der Waals surface area contributed by atoms with Gasteiger partial charge in [0.1, 0.15) is 5.00 Å². The molecule has 1 aliphatic rings. The molecule has 0 bridgehead atoms. The van der Waals surface area contributed by atoms with Gasteiger partial charge in [-0.15, -0.1) is 11.3 Å². The number of nitrogens with two attached hydrogens (primary N) is 1. The van der Waals surface area contributed by atoms with Crippen LogP contribution in [0.3, 0.4) is 0 Å². The van der Waals surface area contributed by atoms with Crippen LogP contribution in [0, 0.1) is 0 Å². The van der Waals surface area contributed by atoms with E-state index in [4.69, 9.17) is 5.73 Å². The molecule has 2 aromatic rings. The summed E-state index contributed by atoms with van der Waals surface area (Å²) in [6.45, 7) is 0. The van der Waals surface area contributed by atoms with Crippen molar-refractivity contribution >= 4 is 44.1 Å². The highest BCUT2D eigenvalue weighted by Crippen LogP contribution is 2.37. The van der Waals surface area contributed by atoms with Crippen LogP contribution in [0.25, 0.3) is 0 Å². The first-order valence-corrected chi connectivity index (χ1v) is 9.68. The van der Waals surface area contributed by atoms with E-state index in [1.54, 1.807) is 12.1 Å². The van der Waals surface area contributed by atoms with Gasteiger partial charge in [-0.05, 0) is 49.4 Å². The molecular formula is C18H19BrN2O2S. The minimum atomic E-state index is -0.461. The first kappa shape index (κ1) is 17.2. The third-order valence-corrected chi connectivity index (χ3v) is 5.93. The third kappa shape index (κ3) is 3.70. The summed E-state index contributed by atoms with van der Waals surface area (Å²) < 4.78 is 0.837. The maximum absolute atomic E-state index is 12.5. The lowest BCUT2D eigenvalue weighted by Gasteiger charge is -2.10. The molecule has 0 fully saturated rings. The van der Waals surface area contributed by atoms with Crippen molar-refractivity contribution in [3.05, 3.63) is 50.3 Å². The summed E-state index contributed by atoms with van der Waals surface area (Å²) in [6, 6.07) is 7.17. The number of anilines is 1. The zero-order chi connectivity index (χ0) is 17.1. The van der Waals surface area contributed by atoms with Crippen LogP contribution in [0.5, 0.6) is 0 Å². The second kappa shape index (κ2) is 7.49. The highest BCUT2D eigenvalue weighted by atomic mass is 79.9. The Labute approximate surface area is 153 Å². The Bertz CT molecular complexity index is 785. The molecule has 6 heteroatoms. The van der Waals surface area contributed by atoms with Crippen molar-refractivity contribution in [2.75, 3.05) is 5.32 Å². The number of aryl methyl sites for hydroxylation is 1. The van der Waals surface area contributed by atoms with Crippen molar-refractivity contribution in [3.63, 3.8) is 0 Å². The maximum Gasteiger partial charge on any atom is 0.256 e. The van der Waals surface area contributed by atoms with Crippen LogP contribution in [0.15, 0.2) is 28.7 Å². The molecule has 0 radical (unpaired) electrons. The number of nitrogens with one attached hydrogen (secondary N) is 1. The molecule has 1 heterocycles. The van der Waals surface area contributed by atoms with Gasteiger partial charge in [0.15, 0.2) is 0 Å². The lowest BCUT2D eigenvalue weighted by molar-refractivity contribution is 0.100. The molecule has 0 saturated heterocycles. The fourth-order valence-electron chi connectivity index (χ4n) is 3.07. The van der Waals surface area contributed by atoms with Gasteiger partial charge in [0.25, 0.3) is 11.8 Å². The van der Waals surface area contributed by atoms with E-state index in [1.807, 2.05) is 12.1 Å². The Hall–Kier alpha value is -1.66. The molecule has 1 aromatic carbocycles. The van der Waals surface area contributed by atoms with Gasteiger partial charge in [-0.25, -0.2) is 0 Å². The molecule has 0 aliphatic heterocycles. The maximum atomic E-state index is 12.5. The molecule has 3 N–H and O–H groups in total. The zero-order valence-electron chi connectivity index (χ0n) is 13.2. The number of hydrogen-bond acceptors (Lipinski definition) is 3. The Morgan fingerprint density at radius 2 is 1.88 bits per heavy atom. The van der Waals surface area contributed by atoms with Crippen LogP contribution in [0.1, 0.15) is 56.8 Å². The van der Waals surface area contributed by atoms with Crippen LogP contribution in [0.2, 0.25) is 0 Å². The number of halogens is 1. The average molecular weight is 407 g/mol. The molecule has 0 atom stereocenters. The molecular weight excluding hydrogens is 388 g/mol. The Morgan fingerprint density at radius 1 is 1.12 bits per heavy atom. The third-order valence-electron chi connectivity index (χ3n) is 4.23. The topological polar surface area (TPSA) is 72.2 Å². The van der Waals surface area contributed by atoms with Gasteiger partial charge < -0.3 is 11.1 Å². The molecule has 4 nitrogen and oxygen atoms in total. The number of amides is 2. The van der Waals surface area contributed by atoms with Crippen molar-refractivity contribution in [2.24, 2.45) is 5.73 Å². The molecule has 1 aromatic heterocycles. The summed E-state index contributed by atoms with van der Waals surface area (Å²) in [5.41, 5.74) is 7.70. The predicted molar refractivity (Wildman–Crippen MR) is 101 cm³/mol. The van der Waals surface area contributed by atoms with Crippen LogP contribution >= 0.6 is 27.3 Å². The molecule has 126 valence electrons. The summed E-state index contributed by atoms with van der Waals surface area (Å²) in [4.78, 5) is 25.7. The number of fused-ring (bicyclic) bond motifs is 1. The number of hydrogen-bond donors (Lipinski definition) is 2. The molecule has 24 heavy (non-hydrogen) atoms. The van der Waals surface area contributed by atoms with E-state index in [-0.39, 0.29) is 5.91 Å². The highest BCUT2D eigenvalue weighted by Gasteiger charge is 2.24. The number of carbonyl (C=O) groups is 2. The molecule has 0 saturated carbocycles. The van der Waals surface area contributed by atoms with E-state index in [2.05, 4.69) is 21.2 Å².